The third-order valence-corrected chi connectivity index (χ3v) is 4.91. The molecule has 0 aromatic heterocycles. The maximum absolute atomic E-state index is 12.2. The number of hydrogen-bond acceptors (Lipinski definition) is 6. The van der Waals surface area contributed by atoms with E-state index in [0.29, 0.717) is 45.1 Å². The summed E-state index contributed by atoms with van der Waals surface area (Å²) < 4.78 is 11.2. The highest BCUT2D eigenvalue weighted by Gasteiger charge is 2.13. The van der Waals surface area contributed by atoms with Crippen molar-refractivity contribution in [2.45, 2.75) is 6.92 Å². The first kappa shape index (κ1) is 26.5. The minimum atomic E-state index is -0.956. The van der Waals surface area contributed by atoms with Crippen LogP contribution in [0.15, 0.2) is 71.8 Å². The van der Waals surface area contributed by atoms with Crippen molar-refractivity contribution < 1.29 is 23.9 Å². The Morgan fingerprint density at radius 3 is 2.33 bits per heavy atom. The van der Waals surface area contributed by atoms with Crippen molar-refractivity contribution in [3.63, 3.8) is 0 Å². The monoisotopic (exact) mass is 528 g/mol. The van der Waals surface area contributed by atoms with Crippen molar-refractivity contribution in [3.05, 3.63) is 82.3 Å². The summed E-state index contributed by atoms with van der Waals surface area (Å²) in [7, 11) is 0. The fraction of sp³-hybridized carbons (Fsp3) is 0.120. The van der Waals surface area contributed by atoms with Gasteiger partial charge in [-0.2, -0.15) is 5.10 Å². The summed E-state index contributed by atoms with van der Waals surface area (Å²) in [6, 6.07) is 18.0. The van der Waals surface area contributed by atoms with E-state index in [1.165, 1.54) is 12.3 Å². The Bertz CT molecular complexity index is 1270. The maximum Gasteiger partial charge on any atom is 0.329 e. The minimum absolute atomic E-state index is 0.242. The molecule has 0 saturated carbocycles. The molecule has 3 aromatic carbocycles. The zero-order valence-electron chi connectivity index (χ0n) is 19.1. The third kappa shape index (κ3) is 8.30. The lowest BCUT2D eigenvalue weighted by Gasteiger charge is -2.12. The second-order valence-electron chi connectivity index (χ2n) is 7.15. The zero-order chi connectivity index (χ0) is 25.9. The number of amides is 3. The number of carbonyl (C=O) groups is 3. The average Bonchev–Trinajstić information content (AvgIpc) is 2.85. The van der Waals surface area contributed by atoms with Gasteiger partial charge in [-0.15, -0.1) is 0 Å². The van der Waals surface area contributed by atoms with Gasteiger partial charge in [0.25, 0.3) is 5.91 Å². The van der Waals surface area contributed by atoms with Crippen LogP contribution in [0.1, 0.15) is 12.5 Å². The Balaban J connectivity index is 1.55. The molecular formula is C25H22Cl2N4O5. The first-order valence-corrected chi connectivity index (χ1v) is 11.4. The summed E-state index contributed by atoms with van der Waals surface area (Å²) in [5, 5.41) is 9.91. The molecule has 36 heavy (non-hydrogen) atoms. The number of halogens is 2. The van der Waals surface area contributed by atoms with E-state index in [-0.39, 0.29) is 12.5 Å². The highest BCUT2D eigenvalue weighted by molar-refractivity contribution is 6.39. The van der Waals surface area contributed by atoms with Crippen LogP contribution < -0.4 is 25.5 Å². The topological polar surface area (TPSA) is 118 Å². The Labute approximate surface area is 217 Å². The molecule has 3 aromatic rings. The molecule has 3 amide bonds. The van der Waals surface area contributed by atoms with Gasteiger partial charge in [-0.1, -0.05) is 29.3 Å². The Kier molecular flexibility index (Phi) is 9.67. The van der Waals surface area contributed by atoms with Gasteiger partial charge in [-0.3, -0.25) is 14.4 Å². The summed E-state index contributed by atoms with van der Waals surface area (Å²) in [6.07, 6.45) is 1.34. The van der Waals surface area contributed by atoms with Gasteiger partial charge < -0.3 is 20.1 Å². The summed E-state index contributed by atoms with van der Waals surface area (Å²) in [5.74, 6) is -1.48. The molecule has 0 aliphatic carbocycles. The molecule has 3 N–H and O–H groups in total. The zero-order valence-corrected chi connectivity index (χ0v) is 20.6. The molecule has 0 atom stereocenters. The van der Waals surface area contributed by atoms with Gasteiger partial charge in [0.15, 0.2) is 18.1 Å². The van der Waals surface area contributed by atoms with Crippen molar-refractivity contribution in [3.8, 4) is 11.5 Å². The molecule has 3 rings (SSSR count). The molecule has 0 aliphatic heterocycles. The van der Waals surface area contributed by atoms with Gasteiger partial charge in [-0.05, 0) is 73.2 Å². The van der Waals surface area contributed by atoms with Gasteiger partial charge in [0, 0.05) is 21.4 Å². The number of rotatable bonds is 9. The second-order valence-corrected chi connectivity index (χ2v) is 8.02. The van der Waals surface area contributed by atoms with E-state index >= 15 is 0 Å². The number of hydrogen-bond donors (Lipinski definition) is 3. The van der Waals surface area contributed by atoms with E-state index in [1.54, 1.807) is 67.6 Å². The molecule has 0 aliphatic rings. The molecule has 11 heteroatoms. The van der Waals surface area contributed by atoms with Crippen LogP contribution in [0, 0.1) is 0 Å². The molecule has 0 radical (unpaired) electrons. The summed E-state index contributed by atoms with van der Waals surface area (Å²) >= 11 is 11.7. The Morgan fingerprint density at radius 2 is 1.61 bits per heavy atom. The molecule has 0 bridgehead atoms. The summed E-state index contributed by atoms with van der Waals surface area (Å²) in [4.78, 5) is 36.2. The van der Waals surface area contributed by atoms with E-state index in [4.69, 9.17) is 32.7 Å². The van der Waals surface area contributed by atoms with E-state index in [0.717, 1.165) is 0 Å². The van der Waals surface area contributed by atoms with Crippen LogP contribution in [0.3, 0.4) is 0 Å². The third-order valence-electron chi connectivity index (χ3n) is 4.42. The number of nitrogens with one attached hydrogen (secondary N) is 3. The number of carbonyl (C=O) groups excluding carboxylic acids is 3. The standard InChI is InChI=1S/C25H22Cl2N4O5/c1-2-35-22-12-16(14-28-31-25(34)24(33)30-20-5-3-4-18(27)13-20)6-11-21(22)36-15-23(32)29-19-9-7-17(26)8-10-19/h3-14H,2,15H2,1H3,(H,29,32)(H,30,33)(H,31,34)/b28-14-. The molecule has 186 valence electrons. The highest BCUT2D eigenvalue weighted by atomic mass is 35.5. The Hall–Kier alpha value is -4.08. The highest BCUT2D eigenvalue weighted by Crippen LogP contribution is 2.28. The van der Waals surface area contributed by atoms with Crippen LogP contribution in [0.25, 0.3) is 0 Å². The predicted octanol–water partition coefficient (Wildman–Crippen LogP) is 4.50. The van der Waals surface area contributed by atoms with Gasteiger partial charge >= 0.3 is 11.8 Å². The molecule has 0 spiro atoms. The van der Waals surface area contributed by atoms with Gasteiger partial charge in [0.05, 0.1) is 12.8 Å². The quantitative estimate of drug-likeness (QED) is 0.214. The number of hydrazone groups is 1. The molecular weight excluding hydrogens is 507 g/mol. The number of benzene rings is 3. The number of ether oxygens (including phenoxy) is 2. The van der Waals surface area contributed by atoms with Crippen LogP contribution in [-0.2, 0) is 14.4 Å². The lowest BCUT2D eigenvalue weighted by molar-refractivity contribution is -0.136. The Morgan fingerprint density at radius 1 is 0.833 bits per heavy atom. The van der Waals surface area contributed by atoms with Crippen LogP contribution >= 0.6 is 23.2 Å². The number of nitrogens with zero attached hydrogens (tertiary/aromatic N) is 1. The van der Waals surface area contributed by atoms with Gasteiger partial charge in [0.1, 0.15) is 0 Å². The van der Waals surface area contributed by atoms with Crippen molar-refractivity contribution in [1.82, 2.24) is 5.43 Å². The first-order valence-electron chi connectivity index (χ1n) is 10.7. The van der Waals surface area contributed by atoms with Crippen molar-refractivity contribution in [1.29, 1.82) is 0 Å². The van der Waals surface area contributed by atoms with Crippen LogP contribution in [0.2, 0.25) is 10.0 Å². The van der Waals surface area contributed by atoms with Crippen molar-refractivity contribution >= 4 is 58.5 Å². The smallest absolute Gasteiger partial charge is 0.329 e. The lowest BCUT2D eigenvalue weighted by Crippen LogP contribution is -2.32. The summed E-state index contributed by atoms with van der Waals surface area (Å²) in [6.45, 7) is 1.92. The predicted molar refractivity (Wildman–Crippen MR) is 139 cm³/mol. The number of anilines is 2. The SMILES string of the molecule is CCOc1cc(/C=N\NC(=O)C(=O)Nc2cccc(Cl)c2)ccc1OCC(=O)Nc1ccc(Cl)cc1. The van der Waals surface area contributed by atoms with Gasteiger partial charge in [-0.25, -0.2) is 5.43 Å². The molecule has 0 unspecified atom stereocenters. The molecule has 9 nitrogen and oxygen atoms in total. The van der Waals surface area contributed by atoms with Crippen molar-refractivity contribution in [2.75, 3.05) is 23.8 Å². The maximum atomic E-state index is 12.2. The second kappa shape index (κ2) is 13.1. The fourth-order valence-corrected chi connectivity index (χ4v) is 3.15. The normalized spacial score (nSPS) is 10.5. The van der Waals surface area contributed by atoms with E-state index < -0.39 is 11.8 Å². The lowest BCUT2D eigenvalue weighted by atomic mass is 10.2. The molecule has 0 saturated heterocycles. The van der Waals surface area contributed by atoms with Crippen LogP contribution in [-0.4, -0.2) is 37.1 Å². The minimum Gasteiger partial charge on any atom is -0.490 e. The largest absolute Gasteiger partial charge is 0.490 e. The van der Waals surface area contributed by atoms with E-state index in [1.807, 2.05) is 0 Å². The first-order chi connectivity index (χ1) is 17.3. The average molecular weight is 529 g/mol. The van der Waals surface area contributed by atoms with E-state index in [9.17, 15) is 14.4 Å². The van der Waals surface area contributed by atoms with Crippen molar-refractivity contribution in [2.24, 2.45) is 5.10 Å². The van der Waals surface area contributed by atoms with Crippen LogP contribution in [0.5, 0.6) is 11.5 Å². The van der Waals surface area contributed by atoms with Crippen LogP contribution in [0.4, 0.5) is 11.4 Å². The summed E-state index contributed by atoms with van der Waals surface area (Å²) in [5.41, 5.74) is 3.68. The fourth-order valence-electron chi connectivity index (χ4n) is 2.84. The van der Waals surface area contributed by atoms with E-state index in [2.05, 4.69) is 21.2 Å². The molecule has 0 heterocycles. The molecule has 0 fully saturated rings. The van der Waals surface area contributed by atoms with Gasteiger partial charge in [0.2, 0.25) is 0 Å².